The fraction of sp³-hybridized carbons (Fsp3) is 0.353. The van der Waals surface area contributed by atoms with Crippen LogP contribution in [0.2, 0.25) is 5.02 Å². The van der Waals surface area contributed by atoms with Gasteiger partial charge in [0.25, 0.3) is 0 Å². The van der Waals surface area contributed by atoms with Crippen molar-refractivity contribution in [3.05, 3.63) is 106 Å². The van der Waals surface area contributed by atoms with Crippen LogP contribution in [-0.4, -0.2) is 69.8 Å². The zero-order chi connectivity index (χ0) is 32.3. The predicted octanol–water partition coefficient (Wildman–Crippen LogP) is 4.80. The van der Waals surface area contributed by atoms with Crippen LogP contribution < -0.4 is 14.8 Å². The highest BCUT2D eigenvalue weighted by Gasteiger charge is 2.51. The molecule has 1 aliphatic carbocycles. The number of hydrogen-bond donors (Lipinski definition) is 4. The Morgan fingerprint density at radius 2 is 1.89 bits per heavy atom. The van der Waals surface area contributed by atoms with Crippen molar-refractivity contribution in [3.63, 3.8) is 0 Å². The fourth-order valence-corrected chi connectivity index (χ4v) is 5.52. The molecule has 0 saturated heterocycles. The predicted molar refractivity (Wildman–Crippen MR) is 173 cm³/mol. The fourth-order valence-electron chi connectivity index (χ4n) is 4.94. The molecule has 0 aliphatic heterocycles. The number of halogens is 2. The molecule has 4 rings (SSSR count). The molecular formula is C34H37Cl2N3O6. The van der Waals surface area contributed by atoms with Crippen molar-refractivity contribution in [2.24, 2.45) is 0 Å². The molecule has 45 heavy (non-hydrogen) atoms. The first-order valence-corrected chi connectivity index (χ1v) is 15.3. The van der Waals surface area contributed by atoms with Gasteiger partial charge in [-0.15, -0.1) is 11.6 Å². The highest BCUT2D eigenvalue weighted by molar-refractivity contribution is 6.32. The number of allylic oxidation sites excluding steroid dienone is 2. The summed E-state index contributed by atoms with van der Waals surface area (Å²) in [5.41, 5.74) is 2.25. The Morgan fingerprint density at radius 3 is 2.62 bits per heavy atom. The molecular weight excluding hydrogens is 617 g/mol. The van der Waals surface area contributed by atoms with Gasteiger partial charge in [-0.25, -0.2) is 0 Å². The number of hydrogen-bond acceptors (Lipinski definition) is 9. The van der Waals surface area contributed by atoms with Crippen LogP contribution in [0.3, 0.4) is 0 Å². The summed E-state index contributed by atoms with van der Waals surface area (Å²) in [6, 6.07) is 16.8. The van der Waals surface area contributed by atoms with E-state index in [9.17, 15) is 15.5 Å². The van der Waals surface area contributed by atoms with Crippen LogP contribution in [0.5, 0.6) is 11.5 Å². The van der Waals surface area contributed by atoms with Crippen LogP contribution in [0.1, 0.15) is 35.6 Å². The van der Waals surface area contributed by atoms with Crippen LogP contribution in [0, 0.1) is 11.3 Å². The monoisotopic (exact) mass is 653 g/mol. The topological polar surface area (TPSA) is 137 Å². The minimum absolute atomic E-state index is 0.00387. The number of aliphatic hydroxyl groups is 3. The van der Waals surface area contributed by atoms with E-state index in [1.807, 2.05) is 55.5 Å². The second kappa shape index (κ2) is 16.2. The van der Waals surface area contributed by atoms with Gasteiger partial charge in [0, 0.05) is 42.7 Å². The number of aliphatic hydroxyl groups excluding tert-OH is 3. The number of ether oxygens (including phenoxy) is 3. The molecule has 238 valence electrons. The number of benzene rings is 2. The summed E-state index contributed by atoms with van der Waals surface area (Å²) < 4.78 is 18.9. The maximum atomic E-state index is 9.98. The van der Waals surface area contributed by atoms with Gasteiger partial charge >= 0.3 is 0 Å². The Bertz CT molecular complexity index is 1530. The Labute approximate surface area is 273 Å². The molecule has 0 amide bonds. The second-order valence-corrected chi connectivity index (χ2v) is 11.9. The largest absolute Gasteiger partial charge is 0.488 e. The number of pyridine rings is 1. The van der Waals surface area contributed by atoms with Crippen molar-refractivity contribution >= 4 is 28.8 Å². The molecule has 0 spiro atoms. The van der Waals surface area contributed by atoms with Gasteiger partial charge < -0.3 is 34.8 Å². The van der Waals surface area contributed by atoms with Crippen molar-refractivity contribution < 1.29 is 29.5 Å². The average Bonchev–Trinajstić information content (AvgIpc) is 3.06. The Morgan fingerprint density at radius 1 is 1.09 bits per heavy atom. The van der Waals surface area contributed by atoms with Crippen LogP contribution in [0.15, 0.2) is 79.2 Å². The molecule has 4 N–H and O–H groups in total. The molecule has 0 radical (unpaired) electrons. The Hall–Kier alpha value is -3.46. The first kappa shape index (κ1) is 34.4. The lowest BCUT2D eigenvalue weighted by Gasteiger charge is -2.45. The van der Waals surface area contributed by atoms with E-state index in [1.54, 1.807) is 24.4 Å². The number of rotatable bonds is 16. The van der Waals surface area contributed by atoms with Crippen LogP contribution in [0.4, 0.5) is 0 Å². The zero-order valence-electron chi connectivity index (χ0n) is 25.0. The second-order valence-electron chi connectivity index (χ2n) is 10.8. The lowest BCUT2D eigenvalue weighted by molar-refractivity contribution is -0.0525. The standard InChI is InChI=1S/C34H37Cl2N3O6/c1-33(36)29(26-7-3-2-4-8-26)9-5-10-34(33,45-12-6-11-38-19-28(42)21-41)23-44-32-15-31(27(20-40)14-30(32)35)43-22-25-13-24(16-37)17-39-18-25/h2-5,7-10,13-15,17-18,28,38,40-42H,6,11-12,19-23H2,1H3/t28?,33-,34?/m0/s1. The van der Waals surface area contributed by atoms with Crippen molar-refractivity contribution in [3.8, 4) is 17.6 Å². The minimum atomic E-state index is -1.12. The van der Waals surface area contributed by atoms with Gasteiger partial charge in [-0.2, -0.15) is 5.26 Å². The molecule has 0 saturated carbocycles. The van der Waals surface area contributed by atoms with E-state index in [1.165, 1.54) is 6.20 Å². The number of nitrogens with one attached hydrogen (secondary N) is 1. The highest BCUT2D eigenvalue weighted by atomic mass is 35.5. The van der Waals surface area contributed by atoms with Crippen molar-refractivity contribution in [2.75, 3.05) is 32.9 Å². The molecule has 3 aromatic rings. The van der Waals surface area contributed by atoms with Gasteiger partial charge in [0.2, 0.25) is 0 Å². The maximum absolute atomic E-state index is 9.98. The molecule has 3 atom stereocenters. The van der Waals surface area contributed by atoms with E-state index in [2.05, 4.69) is 16.4 Å². The van der Waals surface area contributed by atoms with Crippen molar-refractivity contribution in [1.29, 1.82) is 5.26 Å². The molecule has 2 unspecified atom stereocenters. The number of alkyl halides is 1. The summed E-state index contributed by atoms with van der Waals surface area (Å²) in [5, 5.41) is 41.2. The molecule has 0 fully saturated rings. The molecule has 2 aromatic carbocycles. The number of nitrogens with zero attached hydrogens (tertiary/aromatic N) is 2. The first-order chi connectivity index (χ1) is 21.7. The molecule has 9 nitrogen and oxygen atoms in total. The normalized spacial score (nSPS) is 19.9. The molecule has 1 aromatic heterocycles. The van der Waals surface area contributed by atoms with E-state index in [-0.39, 0.29) is 38.0 Å². The third-order valence-electron chi connectivity index (χ3n) is 7.51. The van der Waals surface area contributed by atoms with Crippen molar-refractivity contribution in [1.82, 2.24) is 10.3 Å². The van der Waals surface area contributed by atoms with Crippen LogP contribution >= 0.6 is 23.2 Å². The maximum Gasteiger partial charge on any atom is 0.143 e. The SMILES string of the molecule is C[C@]1(Cl)C(c2ccccc2)=CC=CC1(COc1cc(OCc2cncc(C#N)c2)c(CO)cc1Cl)OCCCNCC(O)CO. The summed E-state index contributed by atoms with van der Waals surface area (Å²) in [5.74, 6) is 0.676. The molecule has 1 heterocycles. The molecule has 11 heteroatoms. The highest BCUT2D eigenvalue weighted by Crippen LogP contribution is 2.47. The third kappa shape index (κ3) is 8.63. The first-order valence-electron chi connectivity index (χ1n) is 14.5. The Kier molecular flexibility index (Phi) is 12.4. The number of aromatic nitrogens is 1. The van der Waals surface area contributed by atoms with E-state index in [0.717, 1.165) is 11.1 Å². The third-order valence-corrected chi connectivity index (χ3v) is 8.33. The van der Waals surface area contributed by atoms with Gasteiger partial charge in [-0.3, -0.25) is 4.98 Å². The summed E-state index contributed by atoms with van der Waals surface area (Å²) >= 11 is 14.0. The van der Waals surface area contributed by atoms with E-state index < -0.39 is 16.6 Å². The van der Waals surface area contributed by atoms with Gasteiger partial charge in [0.15, 0.2) is 0 Å². The summed E-state index contributed by atoms with van der Waals surface area (Å²) in [4.78, 5) is 3.01. The molecule has 1 aliphatic rings. The van der Waals surface area contributed by atoms with E-state index in [0.29, 0.717) is 47.8 Å². The van der Waals surface area contributed by atoms with E-state index >= 15 is 0 Å². The Balaban J connectivity index is 1.56. The minimum Gasteiger partial charge on any atom is -0.488 e. The van der Waals surface area contributed by atoms with Crippen molar-refractivity contribution in [2.45, 2.75) is 43.1 Å². The average molecular weight is 655 g/mol. The van der Waals surface area contributed by atoms with Crippen LogP contribution in [-0.2, 0) is 18.0 Å². The van der Waals surface area contributed by atoms with Gasteiger partial charge in [-0.1, -0.05) is 54.1 Å². The smallest absolute Gasteiger partial charge is 0.143 e. The number of nitriles is 1. The summed E-state index contributed by atoms with van der Waals surface area (Å²) in [6.45, 7) is 2.53. The molecule has 0 bridgehead atoms. The zero-order valence-corrected chi connectivity index (χ0v) is 26.5. The quantitative estimate of drug-likeness (QED) is 0.127. The van der Waals surface area contributed by atoms with Gasteiger partial charge in [0.1, 0.15) is 41.3 Å². The summed E-state index contributed by atoms with van der Waals surface area (Å²) in [6.07, 6.45) is 8.61. The lowest BCUT2D eigenvalue weighted by atomic mass is 9.76. The van der Waals surface area contributed by atoms with Crippen LogP contribution in [0.25, 0.3) is 5.57 Å². The lowest BCUT2D eigenvalue weighted by Crippen LogP contribution is -2.55. The summed E-state index contributed by atoms with van der Waals surface area (Å²) in [7, 11) is 0. The van der Waals surface area contributed by atoms with E-state index in [4.69, 9.17) is 42.5 Å². The van der Waals surface area contributed by atoms with Gasteiger partial charge in [-0.05, 0) is 49.2 Å². The van der Waals surface area contributed by atoms with Gasteiger partial charge in [0.05, 0.1) is 29.9 Å².